The van der Waals surface area contributed by atoms with E-state index in [2.05, 4.69) is 15.8 Å². The van der Waals surface area contributed by atoms with Crippen LogP contribution in [0.1, 0.15) is 30.9 Å². The second-order valence-corrected chi connectivity index (χ2v) is 3.40. The lowest BCUT2D eigenvalue weighted by Crippen LogP contribution is -2.18. The molecule has 1 aromatic heterocycles. The second kappa shape index (κ2) is 3.27. The highest BCUT2D eigenvalue weighted by Gasteiger charge is 2.19. The molecular formula is C9H15N3. The Hall–Kier alpha value is -0.830. The Bertz CT molecular complexity index is 254. The summed E-state index contributed by atoms with van der Waals surface area (Å²) in [4.78, 5) is 0. The molecule has 2 rings (SSSR count). The van der Waals surface area contributed by atoms with Gasteiger partial charge in [-0.05, 0) is 31.9 Å². The minimum absolute atomic E-state index is 0.659. The molecule has 0 radical (unpaired) electrons. The largest absolute Gasteiger partial charge is 0.330 e. The maximum Gasteiger partial charge on any atom is 0.0492 e. The fraction of sp³-hybridized carbons (Fsp3) is 0.667. The smallest absolute Gasteiger partial charge is 0.0492 e. The van der Waals surface area contributed by atoms with E-state index in [1.165, 1.54) is 18.5 Å². The van der Waals surface area contributed by atoms with E-state index in [0.29, 0.717) is 5.92 Å². The quantitative estimate of drug-likeness (QED) is 0.713. The van der Waals surface area contributed by atoms with Crippen molar-refractivity contribution in [3.8, 4) is 0 Å². The third-order valence-electron chi connectivity index (χ3n) is 2.61. The van der Waals surface area contributed by atoms with Crippen molar-refractivity contribution >= 4 is 0 Å². The number of nitrogens with two attached hydrogens (primary N) is 1. The molecule has 1 unspecified atom stereocenters. The van der Waals surface area contributed by atoms with Crippen LogP contribution in [0, 0.1) is 0 Å². The van der Waals surface area contributed by atoms with E-state index in [-0.39, 0.29) is 0 Å². The van der Waals surface area contributed by atoms with Crippen molar-refractivity contribution in [1.29, 1.82) is 0 Å². The number of fused-ring (bicyclic) bond motifs is 1. The Kier molecular flexibility index (Phi) is 2.13. The van der Waals surface area contributed by atoms with Crippen LogP contribution in [0.15, 0.2) is 12.3 Å². The summed E-state index contributed by atoms with van der Waals surface area (Å²) in [5, 5.41) is 4.27. The van der Waals surface area contributed by atoms with Crippen LogP contribution in [-0.2, 0) is 6.54 Å². The minimum atomic E-state index is 0.659. The van der Waals surface area contributed by atoms with E-state index in [1.807, 2.05) is 6.20 Å². The summed E-state index contributed by atoms with van der Waals surface area (Å²) in [5.74, 6) is 0.659. The number of aryl methyl sites for hydroxylation is 1. The molecule has 12 heavy (non-hydrogen) atoms. The average Bonchev–Trinajstić information content (AvgIpc) is 2.53. The zero-order valence-corrected chi connectivity index (χ0v) is 7.24. The van der Waals surface area contributed by atoms with Crippen LogP contribution in [0.3, 0.4) is 0 Å². The van der Waals surface area contributed by atoms with E-state index in [9.17, 15) is 0 Å². The van der Waals surface area contributed by atoms with Gasteiger partial charge in [-0.15, -0.1) is 0 Å². The summed E-state index contributed by atoms with van der Waals surface area (Å²) in [5.41, 5.74) is 6.94. The number of rotatable bonds is 2. The summed E-state index contributed by atoms with van der Waals surface area (Å²) in [6, 6.07) is 2.12. The lowest BCUT2D eigenvalue weighted by atomic mass is 9.93. The van der Waals surface area contributed by atoms with Gasteiger partial charge in [-0.3, -0.25) is 4.68 Å². The fourth-order valence-electron chi connectivity index (χ4n) is 2.01. The molecular weight excluding hydrogens is 150 g/mol. The molecule has 0 spiro atoms. The van der Waals surface area contributed by atoms with Gasteiger partial charge in [-0.1, -0.05) is 0 Å². The van der Waals surface area contributed by atoms with Crippen molar-refractivity contribution in [1.82, 2.24) is 9.78 Å². The van der Waals surface area contributed by atoms with Gasteiger partial charge in [0.25, 0.3) is 0 Å². The highest BCUT2D eigenvalue weighted by Crippen LogP contribution is 2.28. The molecule has 2 N–H and O–H groups in total. The summed E-state index contributed by atoms with van der Waals surface area (Å²) in [7, 11) is 0. The van der Waals surface area contributed by atoms with E-state index < -0.39 is 0 Å². The highest BCUT2D eigenvalue weighted by atomic mass is 15.3. The molecule has 3 nitrogen and oxygen atoms in total. The molecule has 66 valence electrons. The van der Waals surface area contributed by atoms with Gasteiger partial charge in [0.05, 0.1) is 0 Å². The van der Waals surface area contributed by atoms with E-state index in [4.69, 9.17) is 5.73 Å². The summed E-state index contributed by atoms with van der Waals surface area (Å²) >= 11 is 0. The molecule has 2 heterocycles. The maximum absolute atomic E-state index is 5.56. The maximum atomic E-state index is 5.56. The van der Waals surface area contributed by atoms with Crippen LogP contribution < -0.4 is 5.73 Å². The summed E-state index contributed by atoms with van der Waals surface area (Å²) in [6.07, 6.45) is 5.53. The van der Waals surface area contributed by atoms with E-state index >= 15 is 0 Å². The Balaban J connectivity index is 2.19. The molecule has 0 aliphatic carbocycles. The first-order chi connectivity index (χ1) is 5.92. The molecule has 0 bridgehead atoms. The first kappa shape index (κ1) is 7.80. The van der Waals surface area contributed by atoms with Crippen molar-refractivity contribution in [2.75, 3.05) is 6.54 Å². The Morgan fingerprint density at radius 2 is 2.58 bits per heavy atom. The van der Waals surface area contributed by atoms with Gasteiger partial charge in [0.2, 0.25) is 0 Å². The van der Waals surface area contributed by atoms with Gasteiger partial charge < -0.3 is 5.73 Å². The lowest BCUT2D eigenvalue weighted by molar-refractivity contribution is 0.411. The number of hydrogen-bond donors (Lipinski definition) is 1. The standard InChI is InChI=1S/C9H15N3/c10-5-3-8-2-1-7-12-9(8)4-6-11-12/h4,6,8H,1-3,5,7,10H2. The SMILES string of the molecule is NCCC1CCCn2nccc21. The normalized spacial score (nSPS) is 22.2. The van der Waals surface area contributed by atoms with Gasteiger partial charge in [0.1, 0.15) is 0 Å². The number of hydrogen-bond acceptors (Lipinski definition) is 2. The Morgan fingerprint density at radius 1 is 1.67 bits per heavy atom. The molecule has 0 saturated carbocycles. The molecule has 0 amide bonds. The van der Waals surface area contributed by atoms with Crippen LogP contribution in [0.25, 0.3) is 0 Å². The van der Waals surface area contributed by atoms with Crippen LogP contribution in [-0.4, -0.2) is 16.3 Å². The molecule has 3 heteroatoms. The van der Waals surface area contributed by atoms with Gasteiger partial charge in [-0.25, -0.2) is 0 Å². The van der Waals surface area contributed by atoms with Crippen molar-refractivity contribution in [3.63, 3.8) is 0 Å². The van der Waals surface area contributed by atoms with Crippen molar-refractivity contribution < 1.29 is 0 Å². The van der Waals surface area contributed by atoms with E-state index in [0.717, 1.165) is 19.5 Å². The van der Waals surface area contributed by atoms with Gasteiger partial charge in [0.15, 0.2) is 0 Å². The van der Waals surface area contributed by atoms with Crippen LogP contribution in [0.5, 0.6) is 0 Å². The fourth-order valence-corrected chi connectivity index (χ4v) is 2.01. The molecule has 1 aliphatic heterocycles. The van der Waals surface area contributed by atoms with Crippen molar-refractivity contribution in [2.24, 2.45) is 5.73 Å². The first-order valence-electron chi connectivity index (χ1n) is 4.63. The molecule has 1 atom stereocenters. The van der Waals surface area contributed by atoms with Crippen LogP contribution >= 0.6 is 0 Å². The monoisotopic (exact) mass is 165 g/mol. The zero-order chi connectivity index (χ0) is 8.39. The third kappa shape index (κ3) is 1.25. The molecule has 0 fully saturated rings. The Morgan fingerprint density at radius 3 is 3.42 bits per heavy atom. The predicted octanol–water partition coefficient (Wildman–Crippen LogP) is 1.11. The van der Waals surface area contributed by atoms with Crippen LogP contribution in [0.4, 0.5) is 0 Å². The van der Waals surface area contributed by atoms with Crippen molar-refractivity contribution in [2.45, 2.75) is 31.7 Å². The molecule has 1 aliphatic rings. The predicted molar refractivity (Wildman–Crippen MR) is 47.9 cm³/mol. The van der Waals surface area contributed by atoms with Gasteiger partial charge in [-0.2, -0.15) is 5.10 Å². The van der Waals surface area contributed by atoms with Gasteiger partial charge in [0, 0.05) is 24.4 Å². The molecule has 0 aromatic carbocycles. The topological polar surface area (TPSA) is 43.8 Å². The number of nitrogens with zero attached hydrogens (tertiary/aromatic N) is 2. The average molecular weight is 165 g/mol. The van der Waals surface area contributed by atoms with E-state index in [1.54, 1.807) is 0 Å². The highest BCUT2D eigenvalue weighted by molar-refractivity contribution is 5.09. The number of aromatic nitrogens is 2. The minimum Gasteiger partial charge on any atom is -0.330 e. The lowest BCUT2D eigenvalue weighted by Gasteiger charge is -2.22. The third-order valence-corrected chi connectivity index (χ3v) is 2.61. The van der Waals surface area contributed by atoms with Crippen LogP contribution in [0.2, 0.25) is 0 Å². The summed E-state index contributed by atoms with van der Waals surface area (Å²) in [6.45, 7) is 1.87. The second-order valence-electron chi connectivity index (χ2n) is 3.40. The van der Waals surface area contributed by atoms with Gasteiger partial charge >= 0.3 is 0 Å². The molecule has 1 aromatic rings. The van der Waals surface area contributed by atoms with Crippen molar-refractivity contribution in [3.05, 3.63) is 18.0 Å². The molecule has 0 saturated heterocycles. The Labute approximate surface area is 72.6 Å². The zero-order valence-electron chi connectivity index (χ0n) is 7.24. The first-order valence-corrected chi connectivity index (χ1v) is 4.63. The summed E-state index contributed by atoms with van der Waals surface area (Å²) < 4.78 is 2.11.